The van der Waals surface area contributed by atoms with Crippen LogP contribution in [-0.2, 0) is 6.54 Å². The molecule has 0 fully saturated rings. The summed E-state index contributed by atoms with van der Waals surface area (Å²) in [6.45, 7) is 12.1. The number of anilines is 1. The van der Waals surface area contributed by atoms with Crippen molar-refractivity contribution in [1.29, 1.82) is 0 Å². The number of imidazole rings is 1. The highest BCUT2D eigenvalue weighted by atomic mass is 15.2. The maximum absolute atomic E-state index is 4.60. The molecule has 0 aromatic carbocycles. The van der Waals surface area contributed by atoms with Gasteiger partial charge in [0.1, 0.15) is 0 Å². The van der Waals surface area contributed by atoms with Crippen LogP contribution in [0.1, 0.15) is 65.5 Å². The maximum atomic E-state index is 4.60. The molecule has 110 valence electrons. The van der Waals surface area contributed by atoms with Crippen molar-refractivity contribution < 1.29 is 0 Å². The van der Waals surface area contributed by atoms with Gasteiger partial charge in [-0.05, 0) is 26.2 Å². The summed E-state index contributed by atoms with van der Waals surface area (Å²) in [5.41, 5.74) is 1.10. The molecule has 1 aromatic rings. The zero-order valence-electron chi connectivity index (χ0n) is 13.4. The van der Waals surface area contributed by atoms with Crippen molar-refractivity contribution in [3.63, 3.8) is 0 Å². The third-order valence-corrected chi connectivity index (χ3v) is 3.33. The Hall–Kier alpha value is -0.990. The first-order valence-electron chi connectivity index (χ1n) is 7.83. The van der Waals surface area contributed by atoms with E-state index in [4.69, 9.17) is 0 Å². The first-order chi connectivity index (χ1) is 9.02. The van der Waals surface area contributed by atoms with Crippen molar-refractivity contribution in [3.8, 4) is 0 Å². The summed E-state index contributed by atoms with van der Waals surface area (Å²) in [4.78, 5) is 4.60. The monoisotopic (exact) mass is 265 g/mol. The summed E-state index contributed by atoms with van der Waals surface area (Å²) in [6, 6.07) is 0.504. The third kappa shape index (κ3) is 6.13. The average Bonchev–Trinajstić information content (AvgIpc) is 2.64. The van der Waals surface area contributed by atoms with Crippen molar-refractivity contribution >= 4 is 5.95 Å². The summed E-state index contributed by atoms with van der Waals surface area (Å²) in [5.74, 6) is 1.68. The Balaban J connectivity index is 2.46. The molecule has 19 heavy (non-hydrogen) atoms. The van der Waals surface area contributed by atoms with Crippen LogP contribution in [-0.4, -0.2) is 15.6 Å². The lowest BCUT2D eigenvalue weighted by Crippen LogP contribution is -2.19. The van der Waals surface area contributed by atoms with E-state index in [1.54, 1.807) is 0 Å². The number of unbranched alkanes of at least 4 members (excludes halogenated alkanes) is 3. The number of nitrogens with one attached hydrogen (secondary N) is 1. The van der Waals surface area contributed by atoms with Crippen LogP contribution in [0.4, 0.5) is 5.95 Å². The van der Waals surface area contributed by atoms with Gasteiger partial charge in [0.15, 0.2) is 0 Å². The van der Waals surface area contributed by atoms with Gasteiger partial charge in [0, 0.05) is 18.8 Å². The molecule has 3 nitrogen and oxygen atoms in total. The number of rotatable bonds is 9. The van der Waals surface area contributed by atoms with E-state index in [-0.39, 0.29) is 0 Å². The predicted molar refractivity (Wildman–Crippen MR) is 83.6 cm³/mol. The minimum Gasteiger partial charge on any atom is -0.353 e. The standard InChI is InChI=1S/C16H31N3/c1-6-7-8-9-10-14(4)17-16-18-15(5)12-19(16)11-13(2)3/h12-14H,6-11H2,1-5H3,(H,17,18). The lowest BCUT2D eigenvalue weighted by molar-refractivity contribution is 0.521. The lowest BCUT2D eigenvalue weighted by atomic mass is 10.1. The van der Waals surface area contributed by atoms with Gasteiger partial charge in [0.05, 0.1) is 5.69 Å². The fourth-order valence-electron chi connectivity index (χ4n) is 2.36. The molecule has 1 unspecified atom stereocenters. The van der Waals surface area contributed by atoms with E-state index >= 15 is 0 Å². The maximum Gasteiger partial charge on any atom is 0.203 e. The van der Waals surface area contributed by atoms with Crippen LogP contribution in [0.2, 0.25) is 0 Å². The second kappa shape index (κ2) is 8.23. The van der Waals surface area contributed by atoms with E-state index in [1.807, 2.05) is 0 Å². The summed E-state index contributed by atoms with van der Waals surface area (Å²) < 4.78 is 2.25. The largest absolute Gasteiger partial charge is 0.353 e. The van der Waals surface area contributed by atoms with Crippen LogP contribution in [0.3, 0.4) is 0 Å². The van der Waals surface area contributed by atoms with E-state index in [9.17, 15) is 0 Å². The van der Waals surface area contributed by atoms with Gasteiger partial charge in [0.2, 0.25) is 5.95 Å². The molecule has 0 aliphatic heterocycles. The zero-order chi connectivity index (χ0) is 14.3. The molecule has 3 heteroatoms. The van der Waals surface area contributed by atoms with Crippen LogP contribution in [0.25, 0.3) is 0 Å². The molecule has 1 heterocycles. The Bertz CT molecular complexity index is 355. The van der Waals surface area contributed by atoms with Crippen LogP contribution < -0.4 is 5.32 Å². The van der Waals surface area contributed by atoms with Crippen LogP contribution in [0.5, 0.6) is 0 Å². The molecule has 0 saturated heterocycles. The van der Waals surface area contributed by atoms with Gasteiger partial charge in [-0.15, -0.1) is 0 Å². The second-order valence-corrected chi connectivity index (χ2v) is 6.15. The topological polar surface area (TPSA) is 29.9 Å². The molecule has 1 N–H and O–H groups in total. The summed E-state index contributed by atoms with van der Waals surface area (Å²) in [5, 5.41) is 3.57. The van der Waals surface area contributed by atoms with E-state index in [2.05, 4.69) is 55.7 Å². The number of aromatic nitrogens is 2. The number of hydrogen-bond acceptors (Lipinski definition) is 2. The number of aryl methyl sites for hydroxylation is 1. The zero-order valence-corrected chi connectivity index (χ0v) is 13.4. The minimum atomic E-state index is 0.504. The molecule has 0 aliphatic rings. The van der Waals surface area contributed by atoms with Crippen LogP contribution >= 0.6 is 0 Å². The van der Waals surface area contributed by atoms with Crippen molar-refractivity contribution in [2.75, 3.05) is 5.32 Å². The van der Waals surface area contributed by atoms with Crippen LogP contribution in [0, 0.1) is 12.8 Å². The van der Waals surface area contributed by atoms with E-state index in [0.29, 0.717) is 12.0 Å². The first kappa shape index (κ1) is 16.1. The molecular weight excluding hydrogens is 234 g/mol. The molecule has 0 bridgehead atoms. The highest BCUT2D eigenvalue weighted by Gasteiger charge is 2.10. The van der Waals surface area contributed by atoms with E-state index in [1.165, 1.54) is 32.1 Å². The Kier molecular flexibility index (Phi) is 6.96. The molecule has 0 spiro atoms. The van der Waals surface area contributed by atoms with E-state index in [0.717, 1.165) is 18.2 Å². The van der Waals surface area contributed by atoms with Crippen LogP contribution in [0.15, 0.2) is 6.20 Å². The van der Waals surface area contributed by atoms with Gasteiger partial charge < -0.3 is 9.88 Å². The summed E-state index contributed by atoms with van der Waals surface area (Å²) >= 11 is 0. The van der Waals surface area contributed by atoms with Gasteiger partial charge in [-0.1, -0.05) is 46.5 Å². The molecule has 1 rings (SSSR count). The van der Waals surface area contributed by atoms with Crippen molar-refractivity contribution in [3.05, 3.63) is 11.9 Å². The fourth-order valence-corrected chi connectivity index (χ4v) is 2.36. The van der Waals surface area contributed by atoms with Gasteiger partial charge in [0.25, 0.3) is 0 Å². The number of nitrogens with zero attached hydrogens (tertiary/aromatic N) is 2. The lowest BCUT2D eigenvalue weighted by Gasteiger charge is -2.17. The smallest absolute Gasteiger partial charge is 0.203 e. The Morgan fingerprint density at radius 3 is 2.58 bits per heavy atom. The van der Waals surface area contributed by atoms with Gasteiger partial charge >= 0.3 is 0 Å². The Labute approximate surface area is 118 Å². The number of hydrogen-bond donors (Lipinski definition) is 1. The average molecular weight is 265 g/mol. The first-order valence-corrected chi connectivity index (χ1v) is 7.83. The minimum absolute atomic E-state index is 0.504. The highest BCUT2D eigenvalue weighted by Crippen LogP contribution is 2.14. The molecular formula is C16H31N3. The fraction of sp³-hybridized carbons (Fsp3) is 0.812. The Morgan fingerprint density at radius 1 is 1.21 bits per heavy atom. The SMILES string of the molecule is CCCCCCC(C)Nc1nc(C)cn1CC(C)C. The van der Waals surface area contributed by atoms with E-state index < -0.39 is 0 Å². The summed E-state index contributed by atoms with van der Waals surface area (Å²) in [6.07, 6.45) is 8.70. The molecule has 0 amide bonds. The summed E-state index contributed by atoms with van der Waals surface area (Å²) in [7, 11) is 0. The van der Waals surface area contributed by atoms with Gasteiger partial charge in [-0.3, -0.25) is 0 Å². The van der Waals surface area contributed by atoms with Crippen molar-refractivity contribution in [2.45, 2.75) is 79.3 Å². The third-order valence-electron chi connectivity index (χ3n) is 3.33. The molecule has 1 atom stereocenters. The normalized spacial score (nSPS) is 12.9. The highest BCUT2D eigenvalue weighted by molar-refractivity contribution is 5.29. The quantitative estimate of drug-likeness (QED) is 0.660. The molecule has 0 saturated carbocycles. The Morgan fingerprint density at radius 2 is 1.95 bits per heavy atom. The van der Waals surface area contributed by atoms with Gasteiger partial charge in [-0.25, -0.2) is 4.98 Å². The predicted octanol–water partition coefficient (Wildman–Crippen LogP) is 4.62. The molecule has 0 aliphatic carbocycles. The van der Waals surface area contributed by atoms with Crippen molar-refractivity contribution in [2.24, 2.45) is 5.92 Å². The molecule has 0 radical (unpaired) electrons. The second-order valence-electron chi connectivity index (χ2n) is 6.15. The van der Waals surface area contributed by atoms with Gasteiger partial charge in [-0.2, -0.15) is 0 Å². The van der Waals surface area contributed by atoms with Crippen molar-refractivity contribution in [1.82, 2.24) is 9.55 Å². The molecule has 1 aromatic heterocycles.